The highest BCUT2D eigenvalue weighted by atomic mass is 79.9. The predicted octanol–water partition coefficient (Wildman–Crippen LogP) is 4.93. The third-order valence-corrected chi connectivity index (χ3v) is 3.93. The molecule has 0 aliphatic heterocycles. The molecule has 5 nitrogen and oxygen atoms in total. The largest absolute Gasteiger partial charge is 0.494 e. The molecule has 0 heterocycles. The standard InChI is InChI=1S/C20H21BrN2O3/c21-16-6-3-8-18(14-16)26-13-5-10-20(24)23-17-7-4-9-19(15-17)25-12-2-1-11-22/h3-4,6-9,14-15H,1-2,5,10,12-13H2,(H,23,24). The zero-order valence-corrected chi connectivity index (χ0v) is 16.0. The Hall–Kier alpha value is -2.52. The number of halogens is 1. The summed E-state index contributed by atoms with van der Waals surface area (Å²) < 4.78 is 12.1. The molecule has 0 aliphatic rings. The van der Waals surface area contributed by atoms with Gasteiger partial charge in [-0.1, -0.05) is 28.1 Å². The topological polar surface area (TPSA) is 71.3 Å². The van der Waals surface area contributed by atoms with Crippen LogP contribution in [0, 0.1) is 11.3 Å². The van der Waals surface area contributed by atoms with E-state index in [1.807, 2.05) is 42.5 Å². The number of hydrogen-bond acceptors (Lipinski definition) is 4. The minimum absolute atomic E-state index is 0.0653. The third-order valence-electron chi connectivity index (χ3n) is 3.43. The lowest BCUT2D eigenvalue weighted by Gasteiger charge is -2.09. The lowest BCUT2D eigenvalue weighted by Crippen LogP contribution is -2.13. The van der Waals surface area contributed by atoms with Gasteiger partial charge in [0.2, 0.25) is 5.91 Å². The van der Waals surface area contributed by atoms with Gasteiger partial charge in [0.1, 0.15) is 11.5 Å². The number of hydrogen-bond donors (Lipinski definition) is 1. The first-order chi connectivity index (χ1) is 12.7. The van der Waals surface area contributed by atoms with Crippen LogP contribution in [0.4, 0.5) is 5.69 Å². The molecule has 0 saturated carbocycles. The van der Waals surface area contributed by atoms with Gasteiger partial charge in [-0.05, 0) is 43.2 Å². The van der Waals surface area contributed by atoms with Gasteiger partial charge in [-0.2, -0.15) is 5.26 Å². The van der Waals surface area contributed by atoms with Gasteiger partial charge < -0.3 is 14.8 Å². The summed E-state index contributed by atoms with van der Waals surface area (Å²) in [4.78, 5) is 12.0. The molecule has 136 valence electrons. The van der Waals surface area contributed by atoms with Crippen LogP contribution < -0.4 is 14.8 Å². The number of nitrogens with one attached hydrogen (secondary N) is 1. The van der Waals surface area contributed by atoms with E-state index in [1.165, 1.54) is 0 Å². The molecule has 0 unspecified atom stereocenters. The first-order valence-corrected chi connectivity index (χ1v) is 9.25. The molecule has 1 N–H and O–H groups in total. The van der Waals surface area contributed by atoms with Crippen LogP contribution in [0.25, 0.3) is 0 Å². The van der Waals surface area contributed by atoms with Crippen LogP contribution in [-0.4, -0.2) is 19.1 Å². The monoisotopic (exact) mass is 416 g/mol. The molecular weight excluding hydrogens is 396 g/mol. The number of anilines is 1. The predicted molar refractivity (Wildman–Crippen MR) is 104 cm³/mol. The Morgan fingerprint density at radius 3 is 2.46 bits per heavy atom. The van der Waals surface area contributed by atoms with E-state index in [9.17, 15) is 4.79 Å². The van der Waals surface area contributed by atoms with Gasteiger partial charge in [-0.3, -0.25) is 4.79 Å². The Morgan fingerprint density at radius 1 is 1.04 bits per heavy atom. The number of nitrogens with zero attached hydrogens (tertiary/aromatic N) is 1. The summed E-state index contributed by atoms with van der Waals surface area (Å²) in [5, 5.41) is 11.4. The normalized spacial score (nSPS) is 10.0. The summed E-state index contributed by atoms with van der Waals surface area (Å²) in [6.07, 6.45) is 2.16. The van der Waals surface area contributed by atoms with Crippen LogP contribution in [-0.2, 0) is 4.79 Å². The maximum atomic E-state index is 12.0. The van der Waals surface area contributed by atoms with Crippen molar-refractivity contribution in [3.8, 4) is 17.6 Å². The van der Waals surface area contributed by atoms with Crippen molar-refractivity contribution in [2.24, 2.45) is 0 Å². The fraction of sp³-hybridized carbons (Fsp3) is 0.300. The molecule has 0 spiro atoms. The van der Waals surface area contributed by atoms with Crippen molar-refractivity contribution in [2.45, 2.75) is 25.7 Å². The second-order valence-electron chi connectivity index (χ2n) is 5.60. The summed E-state index contributed by atoms with van der Waals surface area (Å²) in [5.74, 6) is 1.39. The number of rotatable bonds is 10. The Morgan fingerprint density at radius 2 is 1.73 bits per heavy atom. The summed E-state index contributed by atoms with van der Waals surface area (Å²) in [5.41, 5.74) is 0.695. The fourth-order valence-corrected chi connectivity index (χ4v) is 2.59. The van der Waals surface area contributed by atoms with Crippen molar-refractivity contribution in [2.75, 3.05) is 18.5 Å². The maximum absolute atomic E-state index is 12.0. The van der Waals surface area contributed by atoms with Crippen molar-refractivity contribution >= 4 is 27.5 Å². The van der Waals surface area contributed by atoms with Gasteiger partial charge in [-0.15, -0.1) is 0 Å². The fourth-order valence-electron chi connectivity index (χ4n) is 2.21. The van der Waals surface area contributed by atoms with Gasteiger partial charge in [0.05, 0.1) is 19.3 Å². The lowest BCUT2D eigenvalue weighted by molar-refractivity contribution is -0.116. The van der Waals surface area contributed by atoms with Crippen molar-refractivity contribution in [3.63, 3.8) is 0 Å². The molecule has 0 radical (unpaired) electrons. The minimum atomic E-state index is -0.0653. The first-order valence-electron chi connectivity index (χ1n) is 8.45. The smallest absolute Gasteiger partial charge is 0.224 e. The Kier molecular flexibility index (Phi) is 8.50. The SMILES string of the molecule is N#CCCCOc1cccc(NC(=O)CCCOc2cccc(Br)c2)c1. The highest BCUT2D eigenvalue weighted by Crippen LogP contribution is 2.19. The van der Waals surface area contributed by atoms with Crippen LogP contribution in [0.2, 0.25) is 0 Å². The van der Waals surface area contributed by atoms with Gasteiger partial charge in [0.25, 0.3) is 0 Å². The minimum Gasteiger partial charge on any atom is -0.494 e. The van der Waals surface area contributed by atoms with Crippen LogP contribution in [0.15, 0.2) is 53.0 Å². The molecule has 2 rings (SSSR count). The number of ether oxygens (including phenoxy) is 2. The van der Waals surface area contributed by atoms with E-state index in [0.29, 0.717) is 50.3 Å². The van der Waals surface area contributed by atoms with Crippen molar-refractivity contribution in [1.29, 1.82) is 5.26 Å². The summed E-state index contributed by atoms with van der Waals surface area (Å²) in [7, 11) is 0. The molecular formula is C20H21BrN2O3. The van der Waals surface area contributed by atoms with Gasteiger partial charge >= 0.3 is 0 Å². The highest BCUT2D eigenvalue weighted by Gasteiger charge is 2.04. The van der Waals surface area contributed by atoms with Crippen LogP contribution in [0.1, 0.15) is 25.7 Å². The second-order valence-corrected chi connectivity index (χ2v) is 6.51. The second kappa shape index (κ2) is 11.2. The Bertz CT molecular complexity index is 759. The van der Waals surface area contributed by atoms with E-state index in [-0.39, 0.29) is 5.91 Å². The lowest BCUT2D eigenvalue weighted by atomic mass is 10.2. The molecule has 0 aliphatic carbocycles. The van der Waals surface area contributed by atoms with Gasteiger partial charge in [0, 0.05) is 29.1 Å². The quantitative estimate of drug-likeness (QED) is 0.557. The van der Waals surface area contributed by atoms with Crippen LogP contribution in [0.3, 0.4) is 0 Å². The molecule has 26 heavy (non-hydrogen) atoms. The highest BCUT2D eigenvalue weighted by molar-refractivity contribution is 9.10. The van der Waals surface area contributed by atoms with Crippen molar-refractivity contribution in [3.05, 3.63) is 53.0 Å². The number of nitriles is 1. The van der Waals surface area contributed by atoms with Crippen LogP contribution in [0.5, 0.6) is 11.5 Å². The van der Waals surface area contributed by atoms with E-state index in [1.54, 1.807) is 6.07 Å². The number of unbranched alkanes of at least 4 members (excludes halogenated alkanes) is 1. The molecule has 0 fully saturated rings. The van der Waals surface area contributed by atoms with Crippen LogP contribution >= 0.6 is 15.9 Å². The molecule has 0 bridgehead atoms. The molecule has 0 atom stereocenters. The molecule has 1 amide bonds. The number of carbonyl (C=O) groups is 1. The molecule has 2 aromatic rings. The Balaban J connectivity index is 1.69. The van der Waals surface area contributed by atoms with E-state index in [2.05, 4.69) is 27.3 Å². The van der Waals surface area contributed by atoms with E-state index in [4.69, 9.17) is 14.7 Å². The van der Waals surface area contributed by atoms with Gasteiger partial charge in [0.15, 0.2) is 0 Å². The molecule has 6 heteroatoms. The summed E-state index contributed by atoms with van der Waals surface area (Å²) >= 11 is 3.39. The third kappa shape index (κ3) is 7.58. The average molecular weight is 417 g/mol. The van der Waals surface area contributed by atoms with E-state index < -0.39 is 0 Å². The average Bonchev–Trinajstić information content (AvgIpc) is 2.63. The Labute approximate surface area is 162 Å². The van der Waals surface area contributed by atoms with Crippen molar-refractivity contribution < 1.29 is 14.3 Å². The van der Waals surface area contributed by atoms with Crippen molar-refractivity contribution in [1.82, 2.24) is 0 Å². The zero-order valence-electron chi connectivity index (χ0n) is 14.4. The molecule has 0 saturated heterocycles. The zero-order chi connectivity index (χ0) is 18.6. The molecule has 0 aromatic heterocycles. The number of carbonyl (C=O) groups excluding carboxylic acids is 1. The molecule has 2 aromatic carbocycles. The van der Waals surface area contributed by atoms with E-state index in [0.717, 1.165) is 10.2 Å². The summed E-state index contributed by atoms with van der Waals surface area (Å²) in [6.45, 7) is 0.962. The number of benzene rings is 2. The summed E-state index contributed by atoms with van der Waals surface area (Å²) in [6, 6.07) is 16.9. The maximum Gasteiger partial charge on any atom is 0.224 e. The van der Waals surface area contributed by atoms with Gasteiger partial charge in [-0.25, -0.2) is 0 Å². The first kappa shape index (κ1) is 19.8. The van der Waals surface area contributed by atoms with E-state index >= 15 is 0 Å². The number of amides is 1.